The van der Waals surface area contributed by atoms with Crippen molar-refractivity contribution in [3.8, 4) is 0 Å². The molecular formula is C22H43NO2. The molecular weight excluding hydrogens is 310 g/mol. The molecule has 0 aromatic heterocycles. The Bertz CT molecular complexity index is 339. The average Bonchev–Trinajstić information content (AvgIpc) is 3.06. The van der Waals surface area contributed by atoms with E-state index < -0.39 is 0 Å². The number of rotatable bonds is 16. The fourth-order valence-corrected chi connectivity index (χ4v) is 4.27. The Balaban J connectivity index is 2.04. The van der Waals surface area contributed by atoms with Gasteiger partial charge in [-0.15, -0.1) is 0 Å². The molecule has 1 amide bonds. The van der Waals surface area contributed by atoms with Gasteiger partial charge in [-0.25, -0.2) is 4.79 Å². The number of cyclic esters (lactones) is 1. The summed E-state index contributed by atoms with van der Waals surface area (Å²) in [6.07, 6.45) is 19.9. The number of nitrogens with one attached hydrogen (secondary N) is 1. The zero-order valence-corrected chi connectivity index (χ0v) is 17.2. The summed E-state index contributed by atoms with van der Waals surface area (Å²) < 4.78 is 5.52. The minimum Gasteiger partial charge on any atom is -0.444 e. The van der Waals surface area contributed by atoms with E-state index in [0.29, 0.717) is 6.54 Å². The van der Waals surface area contributed by atoms with E-state index in [4.69, 9.17) is 4.74 Å². The fourth-order valence-electron chi connectivity index (χ4n) is 4.27. The van der Waals surface area contributed by atoms with Crippen molar-refractivity contribution in [2.24, 2.45) is 5.41 Å². The smallest absolute Gasteiger partial charge is 0.407 e. The van der Waals surface area contributed by atoms with Crippen LogP contribution < -0.4 is 5.32 Å². The molecule has 1 unspecified atom stereocenters. The number of ether oxygens (including phenoxy) is 1. The maximum Gasteiger partial charge on any atom is 0.407 e. The molecule has 1 atom stereocenters. The van der Waals surface area contributed by atoms with Crippen LogP contribution >= 0.6 is 0 Å². The van der Waals surface area contributed by atoms with E-state index in [-0.39, 0.29) is 17.6 Å². The van der Waals surface area contributed by atoms with Crippen LogP contribution in [0.25, 0.3) is 0 Å². The van der Waals surface area contributed by atoms with E-state index >= 15 is 0 Å². The van der Waals surface area contributed by atoms with Crippen LogP contribution in [0.15, 0.2) is 0 Å². The lowest BCUT2D eigenvalue weighted by Crippen LogP contribution is -2.37. The number of amides is 1. The summed E-state index contributed by atoms with van der Waals surface area (Å²) in [5.41, 5.74) is 0.178. The van der Waals surface area contributed by atoms with Gasteiger partial charge in [-0.3, -0.25) is 0 Å². The predicted octanol–water partition coefficient (Wildman–Crippen LogP) is 6.99. The van der Waals surface area contributed by atoms with E-state index in [2.05, 4.69) is 26.1 Å². The van der Waals surface area contributed by atoms with Gasteiger partial charge < -0.3 is 10.1 Å². The van der Waals surface area contributed by atoms with Crippen molar-refractivity contribution in [1.29, 1.82) is 0 Å². The van der Waals surface area contributed by atoms with Gasteiger partial charge in [-0.1, -0.05) is 97.8 Å². The summed E-state index contributed by atoms with van der Waals surface area (Å²) >= 11 is 0. The van der Waals surface area contributed by atoms with Gasteiger partial charge in [0.15, 0.2) is 0 Å². The quantitative estimate of drug-likeness (QED) is 0.304. The second kappa shape index (κ2) is 13.5. The molecule has 3 heteroatoms. The minimum atomic E-state index is -0.231. The van der Waals surface area contributed by atoms with E-state index in [1.165, 1.54) is 83.5 Å². The Hall–Kier alpha value is -0.730. The molecule has 0 saturated carbocycles. The molecule has 1 aliphatic rings. The Kier molecular flexibility index (Phi) is 12.0. The largest absolute Gasteiger partial charge is 0.444 e. The van der Waals surface area contributed by atoms with Crippen molar-refractivity contribution in [3.05, 3.63) is 0 Å². The van der Waals surface area contributed by atoms with Gasteiger partial charge in [0.2, 0.25) is 0 Å². The lowest BCUT2D eigenvalue weighted by molar-refractivity contribution is 0.0251. The molecule has 0 bridgehead atoms. The first-order valence-electron chi connectivity index (χ1n) is 11.1. The van der Waals surface area contributed by atoms with Crippen LogP contribution in [0.5, 0.6) is 0 Å². The highest BCUT2D eigenvalue weighted by molar-refractivity contribution is 5.69. The molecule has 1 saturated heterocycles. The van der Waals surface area contributed by atoms with Crippen LogP contribution in [0.2, 0.25) is 0 Å². The molecule has 1 heterocycles. The molecule has 1 N–H and O–H groups in total. The molecule has 1 aliphatic heterocycles. The number of alkyl carbamates (subject to hydrolysis) is 1. The van der Waals surface area contributed by atoms with Crippen LogP contribution in [0.4, 0.5) is 4.79 Å². The maximum absolute atomic E-state index is 11.4. The van der Waals surface area contributed by atoms with E-state index in [1.54, 1.807) is 0 Å². The zero-order valence-electron chi connectivity index (χ0n) is 17.2. The summed E-state index contributed by atoms with van der Waals surface area (Å²) in [6.45, 7) is 7.47. The molecule has 1 rings (SSSR count). The third kappa shape index (κ3) is 8.46. The number of hydrogen-bond acceptors (Lipinski definition) is 2. The van der Waals surface area contributed by atoms with Crippen LogP contribution in [-0.4, -0.2) is 18.7 Å². The standard InChI is InChI=1S/C22H43NO2/c1-4-7-8-9-10-11-12-13-14-15-16-17-18-22(5-2,6-3)20-19-23-21(24)25-20/h20H,4-19H2,1-3H3,(H,23,24). The molecule has 0 aromatic rings. The highest BCUT2D eigenvalue weighted by Crippen LogP contribution is 2.39. The normalized spacial score (nSPS) is 17.6. The van der Waals surface area contributed by atoms with E-state index in [9.17, 15) is 4.79 Å². The van der Waals surface area contributed by atoms with Crippen molar-refractivity contribution in [2.75, 3.05) is 6.54 Å². The number of hydrogen-bond donors (Lipinski definition) is 1. The summed E-state index contributed by atoms with van der Waals surface area (Å²) in [5.74, 6) is 0. The fraction of sp³-hybridized carbons (Fsp3) is 0.955. The van der Waals surface area contributed by atoms with Crippen molar-refractivity contribution in [2.45, 2.75) is 123 Å². The second-order valence-electron chi connectivity index (χ2n) is 7.98. The molecule has 0 spiro atoms. The predicted molar refractivity (Wildman–Crippen MR) is 107 cm³/mol. The number of carbonyl (C=O) groups is 1. The molecule has 0 radical (unpaired) electrons. The molecule has 25 heavy (non-hydrogen) atoms. The third-order valence-corrected chi connectivity index (χ3v) is 6.30. The van der Waals surface area contributed by atoms with Gasteiger partial charge >= 0.3 is 6.09 Å². The van der Waals surface area contributed by atoms with Crippen molar-refractivity contribution in [1.82, 2.24) is 5.32 Å². The molecule has 0 aromatic carbocycles. The van der Waals surface area contributed by atoms with Crippen LogP contribution in [-0.2, 0) is 4.74 Å². The van der Waals surface area contributed by atoms with Gasteiger partial charge in [0.1, 0.15) is 6.10 Å². The lowest BCUT2D eigenvalue weighted by Gasteiger charge is -2.36. The van der Waals surface area contributed by atoms with Crippen LogP contribution in [0.3, 0.4) is 0 Å². The van der Waals surface area contributed by atoms with Crippen molar-refractivity contribution < 1.29 is 9.53 Å². The van der Waals surface area contributed by atoms with Crippen molar-refractivity contribution in [3.63, 3.8) is 0 Å². The third-order valence-electron chi connectivity index (χ3n) is 6.30. The summed E-state index contributed by atoms with van der Waals surface area (Å²) in [4.78, 5) is 11.4. The van der Waals surface area contributed by atoms with E-state index in [0.717, 1.165) is 12.8 Å². The van der Waals surface area contributed by atoms with Crippen LogP contribution in [0, 0.1) is 5.41 Å². The highest BCUT2D eigenvalue weighted by Gasteiger charge is 2.41. The SMILES string of the molecule is CCCCCCCCCCCCCCC(CC)(CC)C1CNC(=O)O1. The summed E-state index contributed by atoms with van der Waals surface area (Å²) in [6, 6.07) is 0. The van der Waals surface area contributed by atoms with Gasteiger partial charge in [0.05, 0.1) is 6.54 Å². The van der Waals surface area contributed by atoms with Crippen molar-refractivity contribution >= 4 is 6.09 Å². The lowest BCUT2D eigenvalue weighted by atomic mass is 9.73. The topological polar surface area (TPSA) is 38.3 Å². The molecule has 1 fully saturated rings. The zero-order chi connectivity index (χ0) is 18.4. The summed E-state index contributed by atoms with van der Waals surface area (Å²) in [5, 5.41) is 2.83. The first kappa shape index (κ1) is 22.3. The molecule has 0 aliphatic carbocycles. The maximum atomic E-state index is 11.4. The Morgan fingerprint density at radius 2 is 1.32 bits per heavy atom. The Labute approximate surface area is 156 Å². The second-order valence-corrected chi connectivity index (χ2v) is 7.98. The average molecular weight is 354 g/mol. The molecule has 3 nitrogen and oxygen atoms in total. The van der Waals surface area contributed by atoms with Gasteiger partial charge in [-0.05, 0) is 19.3 Å². The first-order chi connectivity index (χ1) is 12.2. The van der Waals surface area contributed by atoms with Crippen LogP contribution in [0.1, 0.15) is 117 Å². The monoisotopic (exact) mass is 353 g/mol. The minimum absolute atomic E-state index is 0.0720. The van der Waals surface area contributed by atoms with Gasteiger partial charge in [0, 0.05) is 5.41 Å². The Morgan fingerprint density at radius 1 is 0.840 bits per heavy atom. The van der Waals surface area contributed by atoms with Gasteiger partial charge in [-0.2, -0.15) is 0 Å². The summed E-state index contributed by atoms with van der Waals surface area (Å²) in [7, 11) is 0. The number of unbranched alkanes of at least 4 members (excludes halogenated alkanes) is 11. The first-order valence-corrected chi connectivity index (χ1v) is 11.1. The molecule has 148 valence electrons. The Morgan fingerprint density at radius 3 is 1.72 bits per heavy atom. The highest BCUT2D eigenvalue weighted by atomic mass is 16.6. The van der Waals surface area contributed by atoms with E-state index in [1.807, 2.05) is 0 Å². The number of carbonyl (C=O) groups excluding carboxylic acids is 1. The van der Waals surface area contributed by atoms with Gasteiger partial charge in [0.25, 0.3) is 0 Å².